The van der Waals surface area contributed by atoms with Crippen LogP contribution in [0.5, 0.6) is 5.75 Å². The number of aryl methyl sites for hydroxylation is 1. The molecule has 2 aromatic rings. The maximum Gasteiger partial charge on any atom is 0.349 e. The molecule has 4 rings (SSSR count). The number of cyclic esters (lactones) is 1. The maximum atomic E-state index is 13.1. The molecule has 0 radical (unpaired) electrons. The topological polar surface area (TPSA) is 55.8 Å². The fourth-order valence-electron chi connectivity index (χ4n) is 4.88. The number of esters is 1. The van der Waals surface area contributed by atoms with Crippen LogP contribution in [0.3, 0.4) is 0 Å². The first-order chi connectivity index (χ1) is 15.5. The van der Waals surface area contributed by atoms with Crippen molar-refractivity contribution in [3.63, 3.8) is 0 Å². The first-order valence-electron chi connectivity index (χ1n) is 11.2. The van der Waals surface area contributed by atoms with Gasteiger partial charge in [0.25, 0.3) is 0 Å². The van der Waals surface area contributed by atoms with Crippen molar-refractivity contribution in [3.8, 4) is 5.75 Å². The number of thioether (sulfide) groups is 1. The summed E-state index contributed by atoms with van der Waals surface area (Å²) < 4.78 is 11.5. The molecule has 1 aliphatic carbocycles. The molecule has 0 saturated heterocycles. The van der Waals surface area contributed by atoms with E-state index in [0.717, 1.165) is 36.1 Å². The van der Waals surface area contributed by atoms with E-state index in [1.54, 1.807) is 7.11 Å². The molecular weight excluding hydrogens is 444 g/mol. The molecule has 0 bridgehead atoms. The molecule has 2 aromatic carbocycles. The molecular formula is C26H29ClO4S. The monoisotopic (exact) mass is 472 g/mol. The number of aliphatic hydroxyl groups excluding tert-OH is 1. The minimum atomic E-state index is -0.686. The highest BCUT2D eigenvalue weighted by Crippen LogP contribution is 2.47. The second-order valence-corrected chi connectivity index (χ2v) is 10.1. The van der Waals surface area contributed by atoms with Gasteiger partial charge in [-0.2, -0.15) is 0 Å². The zero-order valence-electron chi connectivity index (χ0n) is 18.3. The smallest absolute Gasteiger partial charge is 0.349 e. The van der Waals surface area contributed by atoms with Crippen molar-refractivity contribution < 1.29 is 19.4 Å². The molecule has 170 valence electrons. The van der Waals surface area contributed by atoms with Gasteiger partial charge in [0.1, 0.15) is 22.0 Å². The molecule has 4 nitrogen and oxygen atoms in total. The number of benzene rings is 2. The first kappa shape index (κ1) is 23.1. The van der Waals surface area contributed by atoms with Gasteiger partial charge >= 0.3 is 5.97 Å². The molecule has 1 unspecified atom stereocenters. The van der Waals surface area contributed by atoms with E-state index in [2.05, 4.69) is 0 Å². The van der Waals surface area contributed by atoms with E-state index >= 15 is 0 Å². The van der Waals surface area contributed by atoms with Crippen molar-refractivity contribution in [2.75, 3.05) is 7.11 Å². The lowest BCUT2D eigenvalue weighted by Crippen LogP contribution is -2.47. The molecule has 32 heavy (non-hydrogen) atoms. The molecule has 1 saturated carbocycles. The van der Waals surface area contributed by atoms with Crippen LogP contribution in [0.25, 0.3) is 0 Å². The molecule has 1 heterocycles. The van der Waals surface area contributed by atoms with Crippen molar-refractivity contribution in [1.29, 1.82) is 0 Å². The lowest BCUT2D eigenvalue weighted by Gasteiger charge is -2.44. The van der Waals surface area contributed by atoms with Crippen molar-refractivity contribution in [2.24, 2.45) is 5.92 Å². The fraction of sp³-hybridized carbons (Fsp3) is 0.423. The van der Waals surface area contributed by atoms with Crippen LogP contribution < -0.4 is 4.74 Å². The van der Waals surface area contributed by atoms with Gasteiger partial charge in [0, 0.05) is 11.3 Å². The summed E-state index contributed by atoms with van der Waals surface area (Å²) in [5.74, 6) is 0.624. The summed E-state index contributed by atoms with van der Waals surface area (Å²) in [5, 5.41) is 11.6. The Hall–Kier alpha value is -2.11. The highest BCUT2D eigenvalue weighted by molar-refractivity contribution is 8.04. The number of methoxy groups -OCH3 is 1. The number of carbonyl (C=O) groups excluding carboxylic acids is 1. The van der Waals surface area contributed by atoms with Crippen molar-refractivity contribution in [1.82, 2.24) is 0 Å². The third-order valence-electron chi connectivity index (χ3n) is 6.58. The Kier molecular flexibility index (Phi) is 7.37. The predicted molar refractivity (Wildman–Crippen MR) is 128 cm³/mol. The number of hydrogen-bond acceptors (Lipinski definition) is 5. The number of rotatable bonds is 7. The van der Waals surface area contributed by atoms with E-state index in [4.69, 9.17) is 21.1 Å². The molecule has 1 atom stereocenters. The van der Waals surface area contributed by atoms with Gasteiger partial charge in [-0.15, -0.1) is 0 Å². The molecule has 2 aliphatic rings. The number of aliphatic hydroxyl groups is 1. The Morgan fingerprint density at radius 1 is 1.16 bits per heavy atom. The number of hydrogen-bond donors (Lipinski definition) is 1. The van der Waals surface area contributed by atoms with Crippen LogP contribution in [-0.2, 0) is 16.0 Å². The van der Waals surface area contributed by atoms with Crippen LogP contribution in [-0.4, -0.2) is 23.8 Å². The average Bonchev–Trinajstić information content (AvgIpc) is 2.81. The predicted octanol–water partition coefficient (Wildman–Crippen LogP) is 7.11. The Balaban J connectivity index is 1.58. The summed E-state index contributed by atoms with van der Waals surface area (Å²) in [6, 6.07) is 15.4. The Morgan fingerprint density at radius 2 is 1.91 bits per heavy atom. The van der Waals surface area contributed by atoms with E-state index < -0.39 is 11.6 Å². The standard InChI is InChI=1S/C26H29ClO4S/c1-30-23-13-12-18(16-21(23)27)14-15-26(19-8-4-2-5-9-19)17-22(28)24(25(29)31-26)32-20-10-6-3-7-11-20/h3,6-7,10-13,16,19,28H,2,4-5,8-9,14-15,17H2,1H3. The number of ether oxygens (including phenoxy) is 2. The van der Waals surface area contributed by atoms with Crippen LogP contribution in [0.2, 0.25) is 5.02 Å². The third kappa shape index (κ3) is 5.10. The van der Waals surface area contributed by atoms with E-state index in [0.29, 0.717) is 34.9 Å². The molecule has 1 N–H and O–H groups in total. The maximum absolute atomic E-state index is 13.1. The Labute approximate surface area is 199 Å². The minimum Gasteiger partial charge on any atom is -0.511 e. The number of carbonyl (C=O) groups is 1. The fourth-order valence-corrected chi connectivity index (χ4v) is 6.00. The largest absolute Gasteiger partial charge is 0.511 e. The quantitative estimate of drug-likeness (QED) is 0.435. The first-order valence-corrected chi connectivity index (χ1v) is 12.4. The third-order valence-corrected chi connectivity index (χ3v) is 7.99. The zero-order valence-corrected chi connectivity index (χ0v) is 19.9. The van der Waals surface area contributed by atoms with Gasteiger partial charge in [-0.05, 0) is 61.4 Å². The molecule has 1 fully saturated rings. The van der Waals surface area contributed by atoms with Gasteiger partial charge in [-0.3, -0.25) is 0 Å². The van der Waals surface area contributed by atoms with E-state index in [9.17, 15) is 9.90 Å². The van der Waals surface area contributed by atoms with E-state index in [-0.39, 0.29) is 11.7 Å². The summed E-state index contributed by atoms with van der Waals surface area (Å²) in [6.45, 7) is 0. The SMILES string of the molecule is COc1ccc(CCC2(C3CCCCC3)CC(O)=C(Sc3ccccc3)C(=O)O2)cc1Cl. The molecule has 0 spiro atoms. The normalized spacial score (nSPS) is 22.0. The van der Waals surface area contributed by atoms with Gasteiger partial charge in [0.15, 0.2) is 0 Å². The Bertz CT molecular complexity index is 985. The second-order valence-electron chi connectivity index (χ2n) is 8.63. The Morgan fingerprint density at radius 3 is 2.56 bits per heavy atom. The lowest BCUT2D eigenvalue weighted by molar-refractivity contribution is -0.168. The van der Waals surface area contributed by atoms with Crippen LogP contribution in [0, 0.1) is 5.92 Å². The summed E-state index contributed by atoms with van der Waals surface area (Å²) in [6.07, 6.45) is 7.24. The summed E-state index contributed by atoms with van der Waals surface area (Å²) in [7, 11) is 1.60. The number of halogens is 1. The average molecular weight is 473 g/mol. The van der Waals surface area contributed by atoms with Gasteiger partial charge in [0.05, 0.1) is 12.1 Å². The zero-order chi connectivity index (χ0) is 22.6. The van der Waals surface area contributed by atoms with E-state index in [1.807, 2.05) is 48.5 Å². The summed E-state index contributed by atoms with van der Waals surface area (Å²) in [4.78, 5) is 14.3. The van der Waals surface area contributed by atoms with Crippen molar-refractivity contribution in [2.45, 2.75) is 61.9 Å². The van der Waals surface area contributed by atoms with Gasteiger partial charge < -0.3 is 14.6 Å². The second kappa shape index (κ2) is 10.2. The van der Waals surface area contributed by atoms with Crippen LogP contribution in [0.4, 0.5) is 0 Å². The molecule has 1 aliphatic heterocycles. The van der Waals surface area contributed by atoms with Gasteiger partial charge in [-0.1, -0.05) is 66.9 Å². The highest BCUT2D eigenvalue weighted by atomic mass is 35.5. The highest BCUT2D eigenvalue weighted by Gasteiger charge is 2.47. The molecule has 0 aromatic heterocycles. The lowest BCUT2D eigenvalue weighted by atomic mass is 9.71. The van der Waals surface area contributed by atoms with Gasteiger partial charge in [-0.25, -0.2) is 4.79 Å². The van der Waals surface area contributed by atoms with Crippen LogP contribution in [0.1, 0.15) is 50.5 Å². The van der Waals surface area contributed by atoms with Crippen LogP contribution >= 0.6 is 23.4 Å². The van der Waals surface area contributed by atoms with Crippen LogP contribution in [0.15, 0.2) is 64.1 Å². The summed E-state index contributed by atoms with van der Waals surface area (Å²) >= 11 is 7.59. The molecule has 0 amide bonds. The van der Waals surface area contributed by atoms with E-state index in [1.165, 1.54) is 18.2 Å². The van der Waals surface area contributed by atoms with Crippen molar-refractivity contribution >= 4 is 29.3 Å². The minimum absolute atomic E-state index is 0.147. The van der Waals surface area contributed by atoms with Gasteiger partial charge in [0.2, 0.25) is 0 Å². The van der Waals surface area contributed by atoms with Crippen molar-refractivity contribution in [3.05, 3.63) is 69.8 Å². The molecule has 6 heteroatoms. The summed E-state index contributed by atoms with van der Waals surface area (Å²) in [5.41, 5.74) is 0.379.